The maximum Gasteiger partial charge on any atom is 0.0357 e. The van der Waals surface area contributed by atoms with E-state index >= 15 is 0 Å². The van der Waals surface area contributed by atoms with Crippen LogP contribution < -0.4 is 0 Å². The van der Waals surface area contributed by atoms with E-state index in [-0.39, 0.29) is 0 Å². The number of fused-ring (bicyclic) bond motifs is 3. The molecule has 1 atom stereocenters. The molecule has 1 unspecified atom stereocenters. The first-order valence-electron chi connectivity index (χ1n) is 5.93. The number of aryl methyl sites for hydroxylation is 1. The molecule has 2 aliphatic rings. The SMILES string of the molecule is C=C1C=C2c3ccccc3CCC2N(C)C1. The van der Waals surface area contributed by atoms with E-state index in [1.807, 2.05) is 0 Å². The molecule has 1 heteroatoms. The summed E-state index contributed by atoms with van der Waals surface area (Å²) < 4.78 is 0. The molecule has 0 spiro atoms. The minimum Gasteiger partial charge on any atom is -0.295 e. The van der Waals surface area contributed by atoms with Crippen LogP contribution in [0.5, 0.6) is 0 Å². The highest BCUT2D eigenvalue weighted by molar-refractivity contribution is 5.76. The lowest BCUT2D eigenvalue weighted by Crippen LogP contribution is -2.39. The molecule has 1 aliphatic heterocycles. The number of hydrogen-bond donors (Lipinski definition) is 0. The van der Waals surface area contributed by atoms with E-state index < -0.39 is 0 Å². The van der Waals surface area contributed by atoms with Gasteiger partial charge in [-0.2, -0.15) is 0 Å². The predicted molar refractivity (Wildman–Crippen MR) is 68.3 cm³/mol. The highest BCUT2D eigenvalue weighted by atomic mass is 15.1. The molecule has 1 aromatic rings. The Morgan fingerprint density at radius 1 is 1.31 bits per heavy atom. The van der Waals surface area contributed by atoms with Crippen LogP contribution in [0.1, 0.15) is 17.5 Å². The largest absolute Gasteiger partial charge is 0.295 e. The van der Waals surface area contributed by atoms with Crippen LogP contribution in [0, 0.1) is 0 Å². The van der Waals surface area contributed by atoms with Gasteiger partial charge in [-0.3, -0.25) is 4.90 Å². The summed E-state index contributed by atoms with van der Waals surface area (Å²) in [6, 6.07) is 9.38. The van der Waals surface area contributed by atoms with Crippen molar-refractivity contribution in [2.24, 2.45) is 0 Å². The Bertz CT molecular complexity index is 470. The zero-order valence-corrected chi connectivity index (χ0v) is 9.74. The summed E-state index contributed by atoms with van der Waals surface area (Å²) >= 11 is 0. The maximum atomic E-state index is 4.11. The maximum absolute atomic E-state index is 4.11. The molecule has 0 saturated carbocycles. The molecule has 0 amide bonds. The summed E-state index contributed by atoms with van der Waals surface area (Å²) in [6.45, 7) is 5.12. The first-order valence-corrected chi connectivity index (χ1v) is 5.93. The summed E-state index contributed by atoms with van der Waals surface area (Å²) in [6.07, 6.45) is 4.74. The highest BCUT2D eigenvalue weighted by Gasteiger charge is 2.29. The molecule has 0 bridgehead atoms. The molecule has 1 nitrogen and oxygen atoms in total. The Morgan fingerprint density at radius 2 is 2.12 bits per heavy atom. The van der Waals surface area contributed by atoms with Gasteiger partial charge in [0.05, 0.1) is 0 Å². The molecule has 0 fully saturated rings. The number of hydrogen-bond acceptors (Lipinski definition) is 1. The molecule has 0 saturated heterocycles. The third-order valence-corrected chi connectivity index (χ3v) is 3.72. The van der Waals surface area contributed by atoms with E-state index in [0.717, 1.165) is 6.54 Å². The van der Waals surface area contributed by atoms with Crippen molar-refractivity contribution in [3.8, 4) is 0 Å². The first-order chi connectivity index (χ1) is 7.75. The summed E-state index contributed by atoms with van der Waals surface area (Å²) in [5.74, 6) is 0. The van der Waals surface area contributed by atoms with Crippen molar-refractivity contribution in [1.29, 1.82) is 0 Å². The number of rotatable bonds is 0. The van der Waals surface area contributed by atoms with Crippen LogP contribution in [0.15, 0.2) is 42.5 Å². The number of likely N-dealkylation sites (N-methyl/N-ethyl adjacent to an activating group) is 1. The Labute approximate surface area is 97.1 Å². The van der Waals surface area contributed by atoms with Crippen LogP contribution in [-0.2, 0) is 6.42 Å². The van der Waals surface area contributed by atoms with Gasteiger partial charge in [-0.15, -0.1) is 0 Å². The lowest BCUT2D eigenvalue weighted by atomic mass is 9.80. The molecule has 16 heavy (non-hydrogen) atoms. The fraction of sp³-hybridized carbons (Fsp3) is 0.333. The van der Waals surface area contributed by atoms with Crippen LogP contribution in [0.2, 0.25) is 0 Å². The quantitative estimate of drug-likeness (QED) is 0.638. The molecule has 0 aromatic heterocycles. The third kappa shape index (κ3) is 1.43. The average molecular weight is 211 g/mol. The van der Waals surface area contributed by atoms with Gasteiger partial charge in [0, 0.05) is 12.6 Å². The van der Waals surface area contributed by atoms with Gasteiger partial charge in [-0.25, -0.2) is 0 Å². The summed E-state index contributed by atoms with van der Waals surface area (Å²) in [5.41, 5.74) is 5.63. The van der Waals surface area contributed by atoms with E-state index in [1.165, 1.54) is 35.1 Å². The average Bonchev–Trinajstić information content (AvgIpc) is 2.28. The molecule has 1 aliphatic carbocycles. The fourth-order valence-corrected chi connectivity index (χ4v) is 2.98. The normalized spacial score (nSPS) is 24.7. The van der Waals surface area contributed by atoms with Crippen LogP contribution in [0.3, 0.4) is 0 Å². The van der Waals surface area contributed by atoms with Gasteiger partial charge >= 0.3 is 0 Å². The smallest absolute Gasteiger partial charge is 0.0357 e. The second kappa shape index (κ2) is 3.60. The summed E-state index contributed by atoms with van der Waals surface area (Å²) in [4.78, 5) is 2.42. The summed E-state index contributed by atoms with van der Waals surface area (Å²) in [5, 5.41) is 0. The second-order valence-corrected chi connectivity index (χ2v) is 4.88. The van der Waals surface area contributed by atoms with Gasteiger partial charge in [0.2, 0.25) is 0 Å². The monoisotopic (exact) mass is 211 g/mol. The van der Waals surface area contributed by atoms with Crippen molar-refractivity contribution in [3.63, 3.8) is 0 Å². The van der Waals surface area contributed by atoms with Crippen molar-refractivity contribution in [1.82, 2.24) is 4.90 Å². The third-order valence-electron chi connectivity index (χ3n) is 3.72. The van der Waals surface area contributed by atoms with E-state index in [9.17, 15) is 0 Å². The Morgan fingerprint density at radius 3 is 3.00 bits per heavy atom. The Kier molecular flexibility index (Phi) is 2.22. The number of benzene rings is 1. The Balaban J connectivity index is 2.14. The zero-order chi connectivity index (χ0) is 11.1. The van der Waals surface area contributed by atoms with E-state index in [0.29, 0.717) is 6.04 Å². The Hall–Kier alpha value is -1.34. The van der Waals surface area contributed by atoms with Gasteiger partial charge in [0.25, 0.3) is 0 Å². The van der Waals surface area contributed by atoms with Crippen molar-refractivity contribution in [2.45, 2.75) is 18.9 Å². The van der Waals surface area contributed by atoms with Crippen molar-refractivity contribution < 1.29 is 0 Å². The van der Waals surface area contributed by atoms with Crippen molar-refractivity contribution in [2.75, 3.05) is 13.6 Å². The predicted octanol–water partition coefficient (Wildman–Crippen LogP) is 2.89. The second-order valence-electron chi connectivity index (χ2n) is 4.88. The molecule has 0 N–H and O–H groups in total. The van der Waals surface area contributed by atoms with Gasteiger partial charge in [-0.05, 0) is 42.2 Å². The molecule has 1 heterocycles. The van der Waals surface area contributed by atoms with Crippen LogP contribution in [0.4, 0.5) is 0 Å². The minimum absolute atomic E-state index is 0.598. The van der Waals surface area contributed by atoms with Crippen molar-refractivity contribution in [3.05, 3.63) is 53.6 Å². The number of nitrogens with zero attached hydrogens (tertiary/aromatic N) is 1. The van der Waals surface area contributed by atoms with Crippen LogP contribution in [0.25, 0.3) is 5.57 Å². The van der Waals surface area contributed by atoms with E-state index in [1.54, 1.807) is 0 Å². The molecular weight excluding hydrogens is 194 g/mol. The molecule has 1 aromatic carbocycles. The van der Waals surface area contributed by atoms with E-state index in [2.05, 4.69) is 48.9 Å². The molecule has 82 valence electrons. The van der Waals surface area contributed by atoms with Gasteiger partial charge in [0.1, 0.15) is 0 Å². The van der Waals surface area contributed by atoms with E-state index in [4.69, 9.17) is 0 Å². The lowest BCUT2D eigenvalue weighted by Gasteiger charge is -2.38. The summed E-state index contributed by atoms with van der Waals surface area (Å²) in [7, 11) is 2.21. The van der Waals surface area contributed by atoms with Gasteiger partial charge < -0.3 is 0 Å². The fourth-order valence-electron chi connectivity index (χ4n) is 2.98. The highest BCUT2D eigenvalue weighted by Crippen LogP contribution is 2.36. The van der Waals surface area contributed by atoms with Crippen LogP contribution >= 0.6 is 0 Å². The standard InChI is InChI=1S/C15H17N/c1-11-9-14-13-6-4-3-5-12(13)7-8-15(14)16(2)10-11/h3-6,9,15H,1,7-8,10H2,2H3. The minimum atomic E-state index is 0.598. The van der Waals surface area contributed by atoms with Crippen LogP contribution in [-0.4, -0.2) is 24.5 Å². The topological polar surface area (TPSA) is 3.24 Å². The van der Waals surface area contributed by atoms with Gasteiger partial charge in [0.15, 0.2) is 0 Å². The zero-order valence-electron chi connectivity index (χ0n) is 9.74. The first kappa shape index (κ1) is 9.86. The van der Waals surface area contributed by atoms with Crippen molar-refractivity contribution >= 4 is 5.57 Å². The molecule has 3 rings (SSSR count). The van der Waals surface area contributed by atoms with Gasteiger partial charge in [-0.1, -0.05) is 36.9 Å². The molecule has 0 radical (unpaired) electrons. The lowest BCUT2D eigenvalue weighted by molar-refractivity contribution is 0.291. The molecular formula is C15H17N.